The molecule has 0 fully saturated rings. The largest absolute Gasteiger partial charge is 0.497 e. The molecule has 0 aliphatic heterocycles. The Balaban J connectivity index is 2.31. The summed E-state index contributed by atoms with van der Waals surface area (Å²) in [5, 5.41) is 0. The third-order valence-electron chi connectivity index (χ3n) is 2.91. The summed E-state index contributed by atoms with van der Waals surface area (Å²) in [6.45, 7) is 0. The highest BCUT2D eigenvalue weighted by molar-refractivity contribution is 5.68. The SMILES string of the molecule is COc1ccc(N(C)c2ccccc2OC)cc1. The van der Waals surface area contributed by atoms with Gasteiger partial charge < -0.3 is 14.4 Å². The second kappa shape index (κ2) is 5.45. The highest BCUT2D eigenvalue weighted by Crippen LogP contribution is 2.32. The number of para-hydroxylation sites is 2. The first-order valence-corrected chi connectivity index (χ1v) is 5.77. The van der Waals surface area contributed by atoms with Crippen LogP contribution in [0.3, 0.4) is 0 Å². The first-order chi connectivity index (χ1) is 8.76. The number of ether oxygens (including phenoxy) is 2. The molecule has 2 aromatic carbocycles. The molecule has 0 bridgehead atoms. The molecule has 0 heterocycles. The molecule has 0 aliphatic carbocycles. The number of nitrogens with zero attached hydrogens (tertiary/aromatic N) is 1. The second-order valence-corrected chi connectivity index (χ2v) is 3.93. The standard InChI is InChI=1S/C15H17NO2/c1-16(12-8-10-13(17-2)11-9-12)14-6-4-5-7-15(14)18-3/h4-11H,1-3H3. The van der Waals surface area contributed by atoms with E-state index < -0.39 is 0 Å². The maximum absolute atomic E-state index is 5.37. The monoisotopic (exact) mass is 243 g/mol. The number of anilines is 2. The molecule has 0 radical (unpaired) electrons. The van der Waals surface area contributed by atoms with E-state index in [2.05, 4.69) is 4.90 Å². The van der Waals surface area contributed by atoms with Crippen LogP contribution in [-0.2, 0) is 0 Å². The van der Waals surface area contributed by atoms with Gasteiger partial charge in [-0.3, -0.25) is 0 Å². The second-order valence-electron chi connectivity index (χ2n) is 3.93. The minimum absolute atomic E-state index is 0.854. The maximum Gasteiger partial charge on any atom is 0.142 e. The van der Waals surface area contributed by atoms with Crippen molar-refractivity contribution in [2.45, 2.75) is 0 Å². The van der Waals surface area contributed by atoms with Crippen LogP contribution in [0.15, 0.2) is 48.5 Å². The minimum atomic E-state index is 0.854. The molecule has 2 rings (SSSR count). The summed E-state index contributed by atoms with van der Waals surface area (Å²) < 4.78 is 10.5. The molecule has 0 saturated heterocycles. The zero-order valence-corrected chi connectivity index (χ0v) is 10.9. The number of benzene rings is 2. The normalized spacial score (nSPS) is 9.94. The molecular weight excluding hydrogens is 226 g/mol. The fraction of sp³-hybridized carbons (Fsp3) is 0.200. The summed E-state index contributed by atoms with van der Waals surface area (Å²) in [4.78, 5) is 2.08. The van der Waals surface area contributed by atoms with E-state index in [0.717, 1.165) is 22.9 Å². The van der Waals surface area contributed by atoms with Crippen molar-refractivity contribution in [2.75, 3.05) is 26.2 Å². The molecule has 0 aromatic heterocycles. The van der Waals surface area contributed by atoms with Crippen LogP contribution in [0, 0.1) is 0 Å². The molecule has 3 heteroatoms. The lowest BCUT2D eigenvalue weighted by molar-refractivity contribution is 0.414. The van der Waals surface area contributed by atoms with Gasteiger partial charge in [0.2, 0.25) is 0 Å². The number of hydrogen-bond donors (Lipinski definition) is 0. The summed E-state index contributed by atoms with van der Waals surface area (Å²) in [6, 6.07) is 15.9. The quantitative estimate of drug-likeness (QED) is 0.820. The lowest BCUT2D eigenvalue weighted by atomic mass is 10.2. The van der Waals surface area contributed by atoms with E-state index >= 15 is 0 Å². The molecule has 94 valence electrons. The molecule has 0 saturated carbocycles. The number of methoxy groups -OCH3 is 2. The summed E-state index contributed by atoms with van der Waals surface area (Å²) in [6.07, 6.45) is 0. The van der Waals surface area contributed by atoms with Crippen LogP contribution < -0.4 is 14.4 Å². The van der Waals surface area contributed by atoms with Gasteiger partial charge in [-0.1, -0.05) is 12.1 Å². The van der Waals surface area contributed by atoms with Crippen molar-refractivity contribution in [3.63, 3.8) is 0 Å². The van der Waals surface area contributed by atoms with Gasteiger partial charge in [0.15, 0.2) is 0 Å². The van der Waals surface area contributed by atoms with Crippen LogP contribution in [0.4, 0.5) is 11.4 Å². The fourth-order valence-electron chi connectivity index (χ4n) is 1.85. The molecular formula is C15H17NO2. The zero-order valence-electron chi connectivity index (χ0n) is 10.9. The van der Waals surface area contributed by atoms with Gasteiger partial charge in [0.05, 0.1) is 19.9 Å². The van der Waals surface area contributed by atoms with Gasteiger partial charge in [0.25, 0.3) is 0 Å². The Kier molecular flexibility index (Phi) is 3.72. The van der Waals surface area contributed by atoms with E-state index in [4.69, 9.17) is 9.47 Å². The Morgan fingerprint density at radius 1 is 0.833 bits per heavy atom. The lowest BCUT2D eigenvalue weighted by Crippen LogP contribution is -2.10. The predicted molar refractivity (Wildman–Crippen MR) is 74.1 cm³/mol. The molecule has 0 aliphatic rings. The lowest BCUT2D eigenvalue weighted by Gasteiger charge is -2.21. The van der Waals surface area contributed by atoms with E-state index in [1.165, 1.54) is 0 Å². The van der Waals surface area contributed by atoms with Gasteiger partial charge in [0, 0.05) is 12.7 Å². The van der Waals surface area contributed by atoms with Gasteiger partial charge in [0.1, 0.15) is 11.5 Å². The third kappa shape index (κ3) is 2.40. The van der Waals surface area contributed by atoms with Crippen molar-refractivity contribution in [1.29, 1.82) is 0 Å². The van der Waals surface area contributed by atoms with Crippen molar-refractivity contribution in [3.05, 3.63) is 48.5 Å². The molecule has 0 atom stereocenters. The van der Waals surface area contributed by atoms with Crippen molar-refractivity contribution in [2.24, 2.45) is 0 Å². The van der Waals surface area contributed by atoms with Crippen LogP contribution in [0.2, 0.25) is 0 Å². The van der Waals surface area contributed by atoms with Crippen molar-refractivity contribution >= 4 is 11.4 Å². The van der Waals surface area contributed by atoms with Gasteiger partial charge in [-0.15, -0.1) is 0 Å². The van der Waals surface area contributed by atoms with Crippen LogP contribution >= 0.6 is 0 Å². The Morgan fingerprint density at radius 2 is 1.50 bits per heavy atom. The Morgan fingerprint density at radius 3 is 2.11 bits per heavy atom. The Bertz CT molecular complexity index is 508. The Labute approximate surface area is 108 Å². The van der Waals surface area contributed by atoms with Gasteiger partial charge >= 0.3 is 0 Å². The van der Waals surface area contributed by atoms with Crippen molar-refractivity contribution in [1.82, 2.24) is 0 Å². The molecule has 2 aromatic rings. The summed E-state index contributed by atoms with van der Waals surface area (Å²) in [5.41, 5.74) is 2.12. The highest BCUT2D eigenvalue weighted by atomic mass is 16.5. The van der Waals surface area contributed by atoms with Crippen LogP contribution in [0.5, 0.6) is 11.5 Å². The average Bonchev–Trinajstić information content (AvgIpc) is 2.46. The highest BCUT2D eigenvalue weighted by Gasteiger charge is 2.08. The van der Waals surface area contributed by atoms with E-state index in [1.807, 2.05) is 55.6 Å². The molecule has 0 N–H and O–H groups in total. The summed E-state index contributed by atoms with van der Waals surface area (Å²) in [7, 11) is 5.36. The van der Waals surface area contributed by atoms with Crippen LogP contribution in [0.1, 0.15) is 0 Å². The molecule has 0 unspecified atom stereocenters. The topological polar surface area (TPSA) is 21.7 Å². The van der Waals surface area contributed by atoms with Crippen molar-refractivity contribution in [3.8, 4) is 11.5 Å². The van der Waals surface area contributed by atoms with E-state index in [0.29, 0.717) is 0 Å². The first kappa shape index (κ1) is 12.3. The molecule has 18 heavy (non-hydrogen) atoms. The number of hydrogen-bond acceptors (Lipinski definition) is 3. The predicted octanol–water partition coefficient (Wildman–Crippen LogP) is 3.47. The zero-order chi connectivity index (χ0) is 13.0. The van der Waals surface area contributed by atoms with Gasteiger partial charge in [-0.2, -0.15) is 0 Å². The molecule has 0 amide bonds. The Hall–Kier alpha value is -2.16. The van der Waals surface area contributed by atoms with Crippen LogP contribution in [0.25, 0.3) is 0 Å². The van der Waals surface area contributed by atoms with E-state index in [9.17, 15) is 0 Å². The van der Waals surface area contributed by atoms with E-state index in [1.54, 1.807) is 14.2 Å². The third-order valence-corrected chi connectivity index (χ3v) is 2.91. The smallest absolute Gasteiger partial charge is 0.142 e. The van der Waals surface area contributed by atoms with Crippen LogP contribution in [-0.4, -0.2) is 21.3 Å². The summed E-state index contributed by atoms with van der Waals surface area (Å²) >= 11 is 0. The van der Waals surface area contributed by atoms with Gasteiger partial charge in [-0.05, 0) is 36.4 Å². The molecule has 0 spiro atoms. The maximum atomic E-state index is 5.37. The number of rotatable bonds is 4. The fourth-order valence-corrected chi connectivity index (χ4v) is 1.85. The average molecular weight is 243 g/mol. The first-order valence-electron chi connectivity index (χ1n) is 5.77. The minimum Gasteiger partial charge on any atom is -0.497 e. The van der Waals surface area contributed by atoms with E-state index in [-0.39, 0.29) is 0 Å². The van der Waals surface area contributed by atoms with Gasteiger partial charge in [-0.25, -0.2) is 0 Å². The summed E-state index contributed by atoms with van der Waals surface area (Å²) in [5.74, 6) is 1.71. The molecule has 3 nitrogen and oxygen atoms in total. The van der Waals surface area contributed by atoms with Crippen molar-refractivity contribution < 1.29 is 9.47 Å².